The van der Waals surface area contributed by atoms with Crippen LogP contribution in [-0.4, -0.2) is 26.2 Å². The molecule has 0 bridgehead atoms. The maximum atomic E-state index is 12.1. The Balaban J connectivity index is 1.60. The van der Waals surface area contributed by atoms with Gasteiger partial charge in [0.2, 0.25) is 0 Å². The van der Waals surface area contributed by atoms with E-state index in [-0.39, 0.29) is 12.5 Å². The molecule has 0 fully saturated rings. The first kappa shape index (κ1) is 21.0. The van der Waals surface area contributed by atoms with Crippen molar-refractivity contribution in [2.24, 2.45) is 0 Å². The van der Waals surface area contributed by atoms with E-state index in [1.54, 1.807) is 7.11 Å². The average Bonchev–Trinajstić information content (AvgIpc) is 2.78. The summed E-state index contributed by atoms with van der Waals surface area (Å²) in [5.41, 5.74) is 2.72. The molecule has 0 saturated carbocycles. The SMILES string of the molecule is CCOc1cc(CNc2cccc(OC)c2)ccc1OCC(=O)Nc1ccccc1. The molecule has 3 rings (SSSR count). The molecule has 6 heteroatoms. The van der Waals surface area contributed by atoms with Gasteiger partial charge < -0.3 is 24.8 Å². The van der Waals surface area contributed by atoms with E-state index in [1.165, 1.54) is 0 Å². The van der Waals surface area contributed by atoms with Crippen molar-refractivity contribution in [1.29, 1.82) is 0 Å². The maximum absolute atomic E-state index is 12.1. The van der Waals surface area contributed by atoms with Crippen LogP contribution in [0.3, 0.4) is 0 Å². The molecule has 0 aliphatic heterocycles. The molecule has 0 radical (unpaired) electrons. The third kappa shape index (κ3) is 6.17. The third-order valence-electron chi connectivity index (χ3n) is 4.29. The number of ether oxygens (including phenoxy) is 3. The van der Waals surface area contributed by atoms with Crippen LogP contribution in [0.5, 0.6) is 17.2 Å². The molecule has 0 unspecified atom stereocenters. The highest BCUT2D eigenvalue weighted by Crippen LogP contribution is 2.29. The largest absolute Gasteiger partial charge is 0.497 e. The molecule has 6 nitrogen and oxygen atoms in total. The van der Waals surface area contributed by atoms with Crippen LogP contribution in [0.1, 0.15) is 12.5 Å². The summed E-state index contributed by atoms with van der Waals surface area (Å²) < 4.78 is 16.7. The van der Waals surface area contributed by atoms with Crippen LogP contribution in [0.4, 0.5) is 11.4 Å². The van der Waals surface area contributed by atoms with Gasteiger partial charge >= 0.3 is 0 Å². The highest BCUT2D eigenvalue weighted by Gasteiger charge is 2.10. The zero-order valence-electron chi connectivity index (χ0n) is 17.2. The summed E-state index contributed by atoms with van der Waals surface area (Å²) in [5.74, 6) is 1.71. The normalized spacial score (nSPS) is 10.2. The standard InChI is InChI=1S/C24H26N2O4/c1-3-29-23-14-18(16-25-20-10-7-11-21(15-20)28-2)12-13-22(23)30-17-24(27)26-19-8-5-4-6-9-19/h4-15,25H,3,16-17H2,1-2H3,(H,26,27). The summed E-state index contributed by atoms with van der Waals surface area (Å²) in [4.78, 5) is 12.1. The van der Waals surface area contributed by atoms with Gasteiger partial charge in [-0.05, 0) is 48.9 Å². The van der Waals surface area contributed by atoms with E-state index in [0.717, 1.165) is 22.7 Å². The highest BCUT2D eigenvalue weighted by atomic mass is 16.5. The smallest absolute Gasteiger partial charge is 0.262 e. The lowest BCUT2D eigenvalue weighted by molar-refractivity contribution is -0.118. The van der Waals surface area contributed by atoms with Crippen LogP contribution in [-0.2, 0) is 11.3 Å². The number of nitrogens with one attached hydrogen (secondary N) is 2. The fourth-order valence-corrected chi connectivity index (χ4v) is 2.85. The minimum atomic E-state index is -0.229. The summed E-state index contributed by atoms with van der Waals surface area (Å²) in [5, 5.41) is 6.16. The number of hydrogen-bond acceptors (Lipinski definition) is 5. The predicted molar refractivity (Wildman–Crippen MR) is 118 cm³/mol. The van der Waals surface area contributed by atoms with Crippen LogP contribution in [0.25, 0.3) is 0 Å². The molecule has 1 amide bonds. The molecule has 0 saturated heterocycles. The molecule has 156 valence electrons. The first-order valence-corrected chi connectivity index (χ1v) is 9.79. The molecule has 0 aliphatic carbocycles. The van der Waals surface area contributed by atoms with Crippen LogP contribution in [0.2, 0.25) is 0 Å². The number of benzene rings is 3. The average molecular weight is 406 g/mol. The topological polar surface area (TPSA) is 68.8 Å². The van der Waals surface area contributed by atoms with Crippen LogP contribution in [0, 0.1) is 0 Å². The van der Waals surface area contributed by atoms with Crippen molar-refractivity contribution in [3.63, 3.8) is 0 Å². The minimum absolute atomic E-state index is 0.101. The summed E-state index contributed by atoms with van der Waals surface area (Å²) >= 11 is 0. The zero-order chi connectivity index (χ0) is 21.2. The van der Waals surface area contributed by atoms with Crippen molar-refractivity contribution in [3.05, 3.63) is 78.4 Å². The molecular weight excluding hydrogens is 380 g/mol. The van der Waals surface area contributed by atoms with Gasteiger partial charge in [-0.3, -0.25) is 4.79 Å². The molecule has 0 atom stereocenters. The molecule has 30 heavy (non-hydrogen) atoms. The van der Waals surface area contributed by atoms with Gasteiger partial charge in [0.05, 0.1) is 13.7 Å². The van der Waals surface area contributed by atoms with Gasteiger partial charge in [0.1, 0.15) is 5.75 Å². The fraction of sp³-hybridized carbons (Fsp3) is 0.208. The third-order valence-corrected chi connectivity index (χ3v) is 4.29. The van der Waals surface area contributed by atoms with Crippen LogP contribution >= 0.6 is 0 Å². The van der Waals surface area contributed by atoms with Gasteiger partial charge in [-0.1, -0.05) is 30.3 Å². The van der Waals surface area contributed by atoms with Crippen molar-refractivity contribution >= 4 is 17.3 Å². The van der Waals surface area contributed by atoms with Crippen molar-refractivity contribution in [2.75, 3.05) is 31.0 Å². The summed E-state index contributed by atoms with van der Waals surface area (Å²) in [6, 6.07) is 22.7. The second-order valence-corrected chi connectivity index (χ2v) is 6.50. The summed E-state index contributed by atoms with van der Waals surface area (Å²) in [6.45, 7) is 2.92. The molecule has 3 aromatic rings. The van der Waals surface area contributed by atoms with E-state index in [0.29, 0.717) is 24.7 Å². The van der Waals surface area contributed by atoms with Gasteiger partial charge in [-0.25, -0.2) is 0 Å². The quantitative estimate of drug-likeness (QED) is 0.510. The Morgan fingerprint density at radius 3 is 2.43 bits per heavy atom. The maximum Gasteiger partial charge on any atom is 0.262 e. The molecular formula is C24H26N2O4. The van der Waals surface area contributed by atoms with Crippen LogP contribution in [0.15, 0.2) is 72.8 Å². The molecule has 0 heterocycles. The van der Waals surface area contributed by atoms with E-state index < -0.39 is 0 Å². The molecule has 0 spiro atoms. The van der Waals surface area contributed by atoms with Gasteiger partial charge in [-0.15, -0.1) is 0 Å². The summed E-state index contributed by atoms with van der Waals surface area (Å²) in [7, 11) is 1.65. The number of hydrogen-bond donors (Lipinski definition) is 2. The Morgan fingerprint density at radius 1 is 0.867 bits per heavy atom. The number of methoxy groups -OCH3 is 1. The van der Waals surface area contributed by atoms with E-state index in [2.05, 4.69) is 10.6 Å². The van der Waals surface area contributed by atoms with E-state index in [1.807, 2.05) is 79.7 Å². The number of amides is 1. The Kier molecular flexibility index (Phi) is 7.55. The van der Waals surface area contributed by atoms with Gasteiger partial charge in [-0.2, -0.15) is 0 Å². The Labute approximate surface area is 176 Å². The number of anilines is 2. The number of rotatable bonds is 10. The van der Waals surface area contributed by atoms with Crippen molar-refractivity contribution in [3.8, 4) is 17.2 Å². The lowest BCUT2D eigenvalue weighted by Crippen LogP contribution is -2.20. The second-order valence-electron chi connectivity index (χ2n) is 6.50. The van der Waals surface area contributed by atoms with E-state index in [4.69, 9.17) is 14.2 Å². The first-order valence-electron chi connectivity index (χ1n) is 9.79. The lowest BCUT2D eigenvalue weighted by atomic mass is 10.2. The molecule has 0 aliphatic rings. The van der Waals surface area contributed by atoms with Gasteiger partial charge in [0.15, 0.2) is 18.1 Å². The Bertz CT molecular complexity index is 960. The molecule has 2 N–H and O–H groups in total. The highest BCUT2D eigenvalue weighted by molar-refractivity contribution is 5.91. The Hall–Kier alpha value is -3.67. The monoisotopic (exact) mass is 406 g/mol. The molecule has 3 aromatic carbocycles. The predicted octanol–water partition coefficient (Wildman–Crippen LogP) is 4.72. The fourth-order valence-electron chi connectivity index (χ4n) is 2.85. The minimum Gasteiger partial charge on any atom is -0.497 e. The van der Waals surface area contributed by atoms with Crippen LogP contribution < -0.4 is 24.8 Å². The first-order chi connectivity index (χ1) is 14.7. The van der Waals surface area contributed by atoms with Gasteiger partial charge in [0, 0.05) is 24.0 Å². The van der Waals surface area contributed by atoms with Gasteiger partial charge in [0.25, 0.3) is 5.91 Å². The molecule has 0 aromatic heterocycles. The summed E-state index contributed by atoms with van der Waals surface area (Å²) in [6.07, 6.45) is 0. The zero-order valence-corrected chi connectivity index (χ0v) is 17.2. The lowest BCUT2D eigenvalue weighted by Gasteiger charge is -2.14. The number of carbonyl (C=O) groups is 1. The Morgan fingerprint density at radius 2 is 1.67 bits per heavy atom. The van der Waals surface area contributed by atoms with E-state index in [9.17, 15) is 4.79 Å². The number of carbonyl (C=O) groups excluding carboxylic acids is 1. The number of para-hydroxylation sites is 1. The van der Waals surface area contributed by atoms with Crippen molar-refractivity contribution in [1.82, 2.24) is 0 Å². The van der Waals surface area contributed by atoms with Crippen molar-refractivity contribution in [2.45, 2.75) is 13.5 Å². The van der Waals surface area contributed by atoms with Crippen molar-refractivity contribution < 1.29 is 19.0 Å². The second kappa shape index (κ2) is 10.8. The van der Waals surface area contributed by atoms with E-state index >= 15 is 0 Å².